The van der Waals surface area contributed by atoms with Gasteiger partial charge in [-0.25, -0.2) is 0 Å². The summed E-state index contributed by atoms with van der Waals surface area (Å²) in [5.41, 5.74) is 1.36. The van der Waals surface area contributed by atoms with Gasteiger partial charge in [-0.2, -0.15) is 0 Å². The van der Waals surface area contributed by atoms with Crippen molar-refractivity contribution in [1.82, 2.24) is 4.90 Å². The molecular weight excluding hydrogens is 230 g/mol. The maximum Gasteiger partial charge on any atom is 0.226 e. The van der Waals surface area contributed by atoms with Crippen LogP contribution in [-0.2, 0) is 17.8 Å². The van der Waals surface area contributed by atoms with E-state index in [1.54, 1.807) is 0 Å². The van der Waals surface area contributed by atoms with E-state index in [0.29, 0.717) is 5.91 Å². The smallest absolute Gasteiger partial charge is 0.226 e. The number of amides is 1. The molecule has 1 aliphatic carbocycles. The Kier molecular flexibility index (Phi) is 3.02. The van der Waals surface area contributed by atoms with Crippen molar-refractivity contribution in [3.8, 4) is 0 Å². The normalized spacial score (nSPS) is 23.5. The predicted octanol–water partition coefficient (Wildman–Crippen LogP) is 2.99. The van der Waals surface area contributed by atoms with Gasteiger partial charge in [0.1, 0.15) is 0 Å². The fourth-order valence-electron chi connectivity index (χ4n) is 2.71. The summed E-state index contributed by atoms with van der Waals surface area (Å²) in [4.78, 5) is 15.9. The van der Waals surface area contributed by atoms with Gasteiger partial charge in [-0.1, -0.05) is 12.2 Å². The number of fused-ring (bicyclic) bond motifs is 1. The van der Waals surface area contributed by atoms with Crippen LogP contribution < -0.4 is 0 Å². The highest BCUT2D eigenvalue weighted by molar-refractivity contribution is 7.10. The van der Waals surface area contributed by atoms with E-state index in [1.165, 1.54) is 10.4 Å². The molecule has 0 N–H and O–H groups in total. The number of hydrogen-bond donors (Lipinski definition) is 0. The molecule has 0 spiro atoms. The molecule has 1 amide bonds. The quantitative estimate of drug-likeness (QED) is 0.699. The van der Waals surface area contributed by atoms with Gasteiger partial charge in [0.15, 0.2) is 0 Å². The van der Waals surface area contributed by atoms with Gasteiger partial charge in [0.2, 0.25) is 5.91 Å². The summed E-state index contributed by atoms with van der Waals surface area (Å²) < 4.78 is 0. The van der Waals surface area contributed by atoms with E-state index in [0.717, 1.165) is 38.8 Å². The van der Waals surface area contributed by atoms with Crippen molar-refractivity contribution >= 4 is 17.2 Å². The highest BCUT2D eigenvalue weighted by Crippen LogP contribution is 2.27. The van der Waals surface area contributed by atoms with Crippen molar-refractivity contribution in [1.29, 1.82) is 0 Å². The topological polar surface area (TPSA) is 20.3 Å². The van der Waals surface area contributed by atoms with Gasteiger partial charge in [-0.15, -0.1) is 11.3 Å². The third kappa shape index (κ3) is 2.16. The Balaban J connectivity index is 1.70. The van der Waals surface area contributed by atoms with E-state index in [4.69, 9.17) is 0 Å². The summed E-state index contributed by atoms with van der Waals surface area (Å²) in [6, 6.07) is 2.17. The van der Waals surface area contributed by atoms with Crippen molar-refractivity contribution in [3.63, 3.8) is 0 Å². The van der Waals surface area contributed by atoms with E-state index in [1.807, 2.05) is 11.3 Å². The Morgan fingerprint density at radius 1 is 1.41 bits per heavy atom. The number of carbonyl (C=O) groups excluding carboxylic acids is 1. The van der Waals surface area contributed by atoms with Crippen molar-refractivity contribution in [2.75, 3.05) is 6.54 Å². The van der Waals surface area contributed by atoms with Gasteiger partial charge in [0.05, 0.1) is 0 Å². The van der Waals surface area contributed by atoms with E-state index < -0.39 is 0 Å². The van der Waals surface area contributed by atoms with E-state index in [9.17, 15) is 4.79 Å². The Morgan fingerprint density at radius 2 is 2.35 bits per heavy atom. The van der Waals surface area contributed by atoms with Crippen LogP contribution in [0.5, 0.6) is 0 Å². The summed E-state index contributed by atoms with van der Waals surface area (Å²) >= 11 is 1.83. The SMILES string of the molecule is O=C(C1CC=CCC1)N1CCc2sccc2C1. The molecular formula is C14H17NOS. The van der Waals surface area contributed by atoms with Crippen LogP contribution >= 0.6 is 11.3 Å². The first-order valence-corrected chi connectivity index (χ1v) is 7.21. The highest BCUT2D eigenvalue weighted by Gasteiger charge is 2.27. The molecule has 1 aromatic heterocycles. The first kappa shape index (κ1) is 11.0. The number of nitrogens with zero attached hydrogens (tertiary/aromatic N) is 1. The van der Waals surface area contributed by atoms with Crippen LogP contribution in [0.3, 0.4) is 0 Å². The third-order valence-electron chi connectivity index (χ3n) is 3.74. The lowest BCUT2D eigenvalue weighted by atomic mass is 9.92. The number of hydrogen-bond acceptors (Lipinski definition) is 2. The first-order chi connectivity index (χ1) is 8.34. The van der Waals surface area contributed by atoms with Gasteiger partial charge in [0.25, 0.3) is 0 Å². The highest BCUT2D eigenvalue weighted by atomic mass is 32.1. The van der Waals surface area contributed by atoms with Gasteiger partial charge in [-0.05, 0) is 42.7 Å². The largest absolute Gasteiger partial charge is 0.338 e. The second kappa shape index (κ2) is 4.65. The third-order valence-corrected chi connectivity index (χ3v) is 4.76. The molecule has 1 atom stereocenters. The predicted molar refractivity (Wildman–Crippen MR) is 69.9 cm³/mol. The second-order valence-electron chi connectivity index (χ2n) is 4.86. The average Bonchev–Trinajstić information content (AvgIpc) is 2.86. The minimum Gasteiger partial charge on any atom is -0.338 e. The molecule has 0 bridgehead atoms. The van der Waals surface area contributed by atoms with Crippen LogP contribution in [0.1, 0.15) is 29.7 Å². The van der Waals surface area contributed by atoms with Crippen LogP contribution in [0.4, 0.5) is 0 Å². The van der Waals surface area contributed by atoms with Crippen LogP contribution in [0.25, 0.3) is 0 Å². The van der Waals surface area contributed by atoms with Crippen LogP contribution in [0.15, 0.2) is 23.6 Å². The molecule has 0 saturated heterocycles. The Bertz CT molecular complexity index is 449. The molecule has 2 heterocycles. The number of carbonyl (C=O) groups is 1. The zero-order valence-corrected chi connectivity index (χ0v) is 10.7. The Morgan fingerprint density at radius 3 is 3.18 bits per heavy atom. The van der Waals surface area contributed by atoms with Gasteiger partial charge in [-0.3, -0.25) is 4.79 Å². The summed E-state index contributed by atoms with van der Waals surface area (Å²) in [6.07, 6.45) is 8.42. The lowest BCUT2D eigenvalue weighted by Crippen LogP contribution is -2.39. The minimum atomic E-state index is 0.236. The molecule has 0 fully saturated rings. The van der Waals surface area contributed by atoms with Crippen molar-refractivity contribution < 1.29 is 4.79 Å². The molecule has 17 heavy (non-hydrogen) atoms. The average molecular weight is 247 g/mol. The van der Waals surface area contributed by atoms with Gasteiger partial charge in [0, 0.05) is 23.9 Å². The molecule has 2 nitrogen and oxygen atoms in total. The Labute approximate surface area is 106 Å². The van der Waals surface area contributed by atoms with Crippen molar-refractivity contribution in [2.24, 2.45) is 5.92 Å². The standard InChI is InChI=1S/C14H17NOS/c16-14(11-4-2-1-3-5-11)15-8-6-13-12(10-15)7-9-17-13/h1-2,7,9,11H,3-6,8,10H2. The monoisotopic (exact) mass is 247 g/mol. The lowest BCUT2D eigenvalue weighted by molar-refractivity contribution is -0.136. The number of thiophene rings is 1. The molecule has 2 aliphatic rings. The molecule has 0 saturated carbocycles. The second-order valence-corrected chi connectivity index (χ2v) is 5.86. The van der Waals surface area contributed by atoms with Crippen molar-refractivity contribution in [3.05, 3.63) is 34.0 Å². The summed E-state index contributed by atoms with van der Waals surface area (Å²) in [6.45, 7) is 1.74. The molecule has 1 aliphatic heterocycles. The molecule has 3 heteroatoms. The number of rotatable bonds is 1. The number of allylic oxidation sites excluding steroid dienone is 2. The summed E-state index contributed by atoms with van der Waals surface area (Å²) in [5.74, 6) is 0.603. The molecule has 1 unspecified atom stereocenters. The molecule has 0 aromatic carbocycles. The fraction of sp³-hybridized carbons (Fsp3) is 0.500. The van der Waals surface area contributed by atoms with Crippen molar-refractivity contribution in [2.45, 2.75) is 32.2 Å². The molecule has 90 valence electrons. The van der Waals surface area contributed by atoms with Crippen LogP contribution in [0.2, 0.25) is 0 Å². The fourth-order valence-corrected chi connectivity index (χ4v) is 3.60. The molecule has 0 radical (unpaired) electrons. The maximum absolute atomic E-state index is 12.4. The van der Waals surface area contributed by atoms with Crippen LogP contribution in [0, 0.1) is 5.92 Å². The maximum atomic E-state index is 12.4. The van der Waals surface area contributed by atoms with Gasteiger partial charge < -0.3 is 4.90 Å². The Hall–Kier alpha value is -1.09. The first-order valence-electron chi connectivity index (χ1n) is 6.33. The van der Waals surface area contributed by atoms with E-state index in [-0.39, 0.29) is 5.92 Å². The zero-order valence-electron chi connectivity index (χ0n) is 9.89. The minimum absolute atomic E-state index is 0.236. The van der Waals surface area contributed by atoms with E-state index in [2.05, 4.69) is 28.5 Å². The van der Waals surface area contributed by atoms with Gasteiger partial charge >= 0.3 is 0 Å². The summed E-state index contributed by atoms with van der Waals surface area (Å²) in [7, 11) is 0. The molecule has 3 rings (SSSR count). The van der Waals surface area contributed by atoms with E-state index >= 15 is 0 Å². The lowest BCUT2D eigenvalue weighted by Gasteiger charge is -2.31. The summed E-state index contributed by atoms with van der Waals surface area (Å²) in [5, 5.41) is 2.14. The zero-order chi connectivity index (χ0) is 11.7. The van der Waals surface area contributed by atoms with Crippen LogP contribution in [-0.4, -0.2) is 17.4 Å². The molecule has 1 aromatic rings.